The van der Waals surface area contributed by atoms with Crippen molar-refractivity contribution in [3.05, 3.63) is 21.7 Å². The van der Waals surface area contributed by atoms with Gasteiger partial charge in [0.1, 0.15) is 5.03 Å². The minimum Gasteiger partial charge on any atom is -0.481 e. The number of carbonyl (C=O) groups is 2. The predicted molar refractivity (Wildman–Crippen MR) is 77.6 cm³/mol. The van der Waals surface area contributed by atoms with Crippen molar-refractivity contribution >= 4 is 23.6 Å². The molecule has 8 heteroatoms. The molecule has 1 aromatic rings. The van der Waals surface area contributed by atoms with Gasteiger partial charge in [0.05, 0.1) is 11.5 Å². The van der Waals surface area contributed by atoms with Gasteiger partial charge in [0.2, 0.25) is 0 Å². The zero-order chi connectivity index (χ0) is 15.7. The molecular formula is C13H17N3O4S. The van der Waals surface area contributed by atoms with Gasteiger partial charge in [-0.25, -0.2) is 4.79 Å². The zero-order valence-electron chi connectivity index (χ0n) is 12.0. The number of nitrogens with one attached hydrogen (secondary N) is 1. The summed E-state index contributed by atoms with van der Waals surface area (Å²) in [5.74, 6) is -1.82. The lowest BCUT2D eigenvalue weighted by Gasteiger charge is -2.18. The Morgan fingerprint density at radius 1 is 1.43 bits per heavy atom. The smallest absolute Gasteiger partial charge is 0.346 e. The zero-order valence-corrected chi connectivity index (χ0v) is 12.9. The number of aromatic amines is 1. The van der Waals surface area contributed by atoms with Gasteiger partial charge < -0.3 is 15.0 Å². The number of thioether (sulfide) groups is 1. The Hall–Kier alpha value is -1.83. The standard InChI is InChI=1S/C13H17N3O4S/c1-6-4-16(5-8(6)12(18)19)11(17)9-7(2)14-13(20)15-10(9)21-3/h6,8H,4-5H2,1-3H3,(H,18,19)(H,14,15,20)/t6-,8-/m1/s1. The molecule has 114 valence electrons. The molecule has 1 amide bonds. The predicted octanol–water partition coefficient (Wildman–Crippen LogP) is 0.593. The highest BCUT2D eigenvalue weighted by Crippen LogP contribution is 2.27. The molecule has 0 spiro atoms. The van der Waals surface area contributed by atoms with Gasteiger partial charge in [-0.05, 0) is 19.1 Å². The summed E-state index contributed by atoms with van der Waals surface area (Å²) in [5, 5.41) is 9.51. The van der Waals surface area contributed by atoms with Crippen molar-refractivity contribution in [2.24, 2.45) is 11.8 Å². The molecule has 0 aromatic carbocycles. The first kappa shape index (κ1) is 15.6. The van der Waals surface area contributed by atoms with Crippen LogP contribution in [0.2, 0.25) is 0 Å². The van der Waals surface area contributed by atoms with E-state index in [4.69, 9.17) is 5.11 Å². The van der Waals surface area contributed by atoms with E-state index in [1.807, 2.05) is 6.92 Å². The third-order valence-corrected chi connectivity index (χ3v) is 4.39. The molecule has 1 aliphatic rings. The van der Waals surface area contributed by atoms with Gasteiger partial charge in [0.15, 0.2) is 0 Å². The van der Waals surface area contributed by atoms with E-state index in [-0.39, 0.29) is 18.4 Å². The maximum Gasteiger partial charge on any atom is 0.346 e. The van der Waals surface area contributed by atoms with Gasteiger partial charge in [-0.1, -0.05) is 6.92 Å². The second-order valence-electron chi connectivity index (χ2n) is 5.18. The molecule has 1 saturated heterocycles. The van der Waals surface area contributed by atoms with Crippen molar-refractivity contribution in [1.82, 2.24) is 14.9 Å². The number of hydrogen-bond acceptors (Lipinski definition) is 5. The van der Waals surface area contributed by atoms with E-state index in [1.54, 1.807) is 13.2 Å². The minimum absolute atomic E-state index is 0.0970. The van der Waals surface area contributed by atoms with Gasteiger partial charge in [-0.15, -0.1) is 11.8 Å². The molecule has 2 atom stereocenters. The van der Waals surface area contributed by atoms with E-state index >= 15 is 0 Å². The molecule has 1 aromatic heterocycles. The number of rotatable bonds is 3. The van der Waals surface area contributed by atoms with Crippen molar-refractivity contribution in [2.45, 2.75) is 18.9 Å². The number of H-pyrrole nitrogens is 1. The number of carboxylic acids is 1. The Morgan fingerprint density at radius 2 is 2.10 bits per heavy atom. The van der Waals surface area contributed by atoms with Gasteiger partial charge in [-0.3, -0.25) is 9.59 Å². The van der Waals surface area contributed by atoms with Crippen LogP contribution < -0.4 is 5.69 Å². The summed E-state index contributed by atoms with van der Waals surface area (Å²) in [7, 11) is 0. The van der Waals surface area contributed by atoms with Crippen LogP contribution in [0.3, 0.4) is 0 Å². The van der Waals surface area contributed by atoms with Crippen molar-refractivity contribution < 1.29 is 14.7 Å². The van der Waals surface area contributed by atoms with Gasteiger partial charge in [0.25, 0.3) is 5.91 Å². The van der Waals surface area contributed by atoms with E-state index in [1.165, 1.54) is 16.7 Å². The number of amides is 1. The first-order valence-corrected chi connectivity index (χ1v) is 7.74. The molecule has 7 nitrogen and oxygen atoms in total. The van der Waals surface area contributed by atoms with Crippen LogP contribution in [0.25, 0.3) is 0 Å². The number of aliphatic carboxylic acids is 1. The van der Waals surface area contributed by atoms with Crippen molar-refractivity contribution in [1.29, 1.82) is 0 Å². The Kier molecular flexibility index (Phi) is 4.36. The number of carboxylic acid groups (broad SMARTS) is 1. The second-order valence-corrected chi connectivity index (χ2v) is 5.98. The van der Waals surface area contributed by atoms with Gasteiger partial charge in [0, 0.05) is 18.8 Å². The molecule has 21 heavy (non-hydrogen) atoms. The van der Waals surface area contributed by atoms with Gasteiger partial charge >= 0.3 is 11.7 Å². The first-order chi connectivity index (χ1) is 9.85. The summed E-state index contributed by atoms with van der Waals surface area (Å²) in [6, 6.07) is 0. The summed E-state index contributed by atoms with van der Waals surface area (Å²) in [6.45, 7) is 4.04. The topological polar surface area (TPSA) is 103 Å². The van der Waals surface area contributed by atoms with Crippen LogP contribution in [0.1, 0.15) is 23.0 Å². The molecule has 2 rings (SSSR count). The lowest BCUT2D eigenvalue weighted by Crippen LogP contribution is -2.32. The second kappa shape index (κ2) is 5.88. The fourth-order valence-electron chi connectivity index (χ4n) is 2.57. The number of nitrogens with zero attached hydrogens (tertiary/aromatic N) is 2. The summed E-state index contributed by atoms with van der Waals surface area (Å²) in [4.78, 5) is 43.0. The highest BCUT2D eigenvalue weighted by Gasteiger charge is 2.38. The molecule has 0 radical (unpaired) electrons. The van der Waals surface area contributed by atoms with E-state index < -0.39 is 17.6 Å². The van der Waals surface area contributed by atoms with Crippen LogP contribution in [0.4, 0.5) is 0 Å². The molecular weight excluding hydrogens is 294 g/mol. The van der Waals surface area contributed by atoms with Crippen LogP contribution in [-0.4, -0.2) is 51.2 Å². The van der Waals surface area contributed by atoms with Crippen molar-refractivity contribution in [3.8, 4) is 0 Å². The van der Waals surface area contributed by atoms with E-state index in [0.29, 0.717) is 22.8 Å². The maximum atomic E-state index is 12.6. The summed E-state index contributed by atoms with van der Waals surface area (Å²) < 4.78 is 0. The Labute approximate surface area is 125 Å². The monoisotopic (exact) mass is 311 g/mol. The third kappa shape index (κ3) is 2.94. The van der Waals surface area contributed by atoms with E-state index in [9.17, 15) is 14.4 Å². The van der Waals surface area contributed by atoms with Crippen LogP contribution in [0.15, 0.2) is 9.82 Å². The molecule has 0 unspecified atom stereocenters. The normalized spacial score (nSPS) is 21.6. The quantitative estimate of drug-likeness (QED) is 0.625. The van der Waals surface area contributed by atoms with E-state index in [0.717, 1.165) is 0 Å². The van der Waals surface area contributed by atoms with Crippen molar-refractivity contribution in [2.75, 3.05) is 19.3 Å². The molecule has 0 aliphatic carbocycles. The fourth-order valence-corrected chi connectivity index (χ4v) is 3.19. The summed E-state index contributed by atoms with van der Waals surface area (Å²) >= 11 is 1.22. The Morgan fingerprint density at radius 3 is 2.62 bits per heavy atom. The largest absolute Gasteiger partial charge is 0.481 e. The highest BCUT2D eigenvalue weighted by molar-refractivity contribution is 7.98. The molecule has 0 bridgehead atoms. The van der Waals surface area contributed by atoms with Crippen LogP contribution in [-0.2, 0) is 4.79 Å². The summed E-state index contributed by atoms with van der Waals surface area (Å²) in [6.07, 6.45) is 1.74. The Balaban J connectivity index is 2.34. The molecule has 2 N–H and O–H groups in total. The number of likely N-dealkylation sites (tertiary alicyclic amines) is 1. The lowest BCUT2D eigenvalue weighted by molar-refractivity contribution is -0.142. The number of hydrogen-bond donors (Lipinski definition) is 2. The fraction of sp³-hybridized carbons (Fsp3) is 0.538. The number of aryl methyl sites for hydroxylation is 1. The van der Waals surface area contributed by atoms with E-state index in [2.05, 4.69) is 9.97 Å². The lowest BCUT2D eigenvalue weighted by atomic mass is 9.99. The maximum absolute atomic E-state index is 12.6. The first-order valence-electron chi connectivity index (χ1n) is 6.52. The molecule has 1 fully saturated rings. The summed E-state index contributed by atoms with van der Waals surface area (Å²) in [5.41, 5.74) is 0.308. The molecule has 0 saturated carbocycles. The SMILES string of the molecule is CSc1nc(=O)[nH]c(C)c1C(=O)N1C[C@@H](C)[C@H](C(=O)O)C1. The Bertz CT molecular complexity index is 643. The molecule has 2 heterocycles. The highest BCUT2D eigenvalue weighted by atomic mass is 32.2. The third-order valence-electron chi connectivity index (χ3n) is 3.71. The average molecular weight is 311 g/mol. The average Bonchev–Trinajstić information content (AvgIpc) is 2.79. The number of aromatic nitrogens is 2. The van der Waals surface area contributed by atoms with Gasteiger partial charge in [-0.2, -0.15) is 4.98 Å². The van der Waals surface area contributed by atoms with Crippen LogP contribution in [0.5, 0.6) is 0 Å². The van der Waals surface area contributed by atoms with Crippen LogP contribution >= 0.6 is 11.8 Å². The van der Waals surface area contributed by atoms with Crippen LogP contribution in [0, 0.1) is 18.8 Å². The molecule has 1 aliphatic heterocycles. The number of carbonyl (C=O) groups excluding carboxylic acids is 1. The van der Waals surface area contributed by atoms with Crippen molar-refractivity contribution in [3.63, 3.8) is 0 Å². The minimum atomic E-state index is -0.890.